The number of rotatable bonds is 2. The third-order valence-corrected chi connectivity index (χ3v) is 4.77. The van der Waals surface area contributed by atoms with Gasteiger partial charge < -0.3 is 14.5 Å². The number of likely N-dealkylation sites (N-methyl/N-ethyl adjacent to an activating group) is 1. The monoisotopic (exact) mass is 466 g/mol. The van der Waals surface area contributed by atoms with Gasteiger partial charge in [-0.05, 0) is 61.9 Å². The fraction of sp³-hybridized carbons (Fsp3) is 0.529. The zero-order chi connectivity index (χ0) is 18.9. The third kappa shape index (κ3) is 4.59. The summed E-state index contributed by atoms with van der Waals surface area (Å²) in [7, 11) is 1.60. The van der Waals surface area contributed by atoms with Crippen LogP contribution in [0.3, 0.4) is 0 Å². The Morgan fingerprint density at radius 3 is 2.56 bits per heavy atom. The second kappa shape index (κ2) is 7.43. The van der Waals surface area contributed by atoms with E-state index < -0.39 is 34.8 Å². The first-order chi connectivity index (χ1) is 11.5. The Labute approximate surface area is 159 Å². The summed E-state index contributed by atoms with van der Waals surface area (Å²) in [5, 5.41) is 0. The van der Waals surface area contributed by atoms with Gasteiger partial charge in [0, 0.05) is 23.7 Å². The number of ether oxygens (including phenoxy) is 1. The number of hydrogen-bond donors (Lipinski definition) is 0. The van der Waals surface area contributed by atoms with Gasteiger partial charge in [0.1, 0.15) is 17.0 Å². The predicted molar refractivity (Wildman–Crippen MR) is 97.4 cm³/mol. The Morgan fingerprint density at radius 1 is 1.32 bits per heavy atom. The summed E-state index contributed by atoms with van der Waals surface area (Å²) in [5.41, 5.74) is -1.17. The highest BCUT2D eigenvalue weighted by Gasteiger charge is 2.35. The quantitative estimate of drug-likeness (QED) is 0.494. The van der Waals surface area contributed by atoms with Crippen molar-refractivity contribution in [2.24, 2.45) is 0 Å². The standard InChI is InChI=1S/C17H21F2IN2O3/c1-17(2,3)25-16(24)21(4)10-7-8-22(9-10)15(23)13-11(18)5-6-12(20)14(13)19/h5-6,10H,7-9H2,1-4H3/t10-/m1/s1. The minimum absolute atomic E-state index is 0.184. The molecule has 2 rings (SSSR count). The van der Waals surface area contributed by atoms with Crippen molar-refractivity contribution in [3.8, 4) is 0 Å². The lowest BCUT2D eigenvalue weighted by Gasteiger charge is -2.28. The van der Waals surface area contributed by atoms with Crippen molar-refractivity contribution in [2.45, 2.75) is 38.8 Å². The van der Waals surface area contributed by atoms with Gasteiger partial charge >= 0.3 is 6.09 Å². The lowest BCUT2D eigenvalue weighted by Crippen LogP contribution is -2.42. The molecule has 1 atom stereocenters. The highest BCUT2D eigenvalue weighted by molar-refractivity contribution is 14.1. The van der Waals surface area contributed by atoms with E-state index >= 15 is 0 Å². The van der Waals surface area contributed by atoms with E-state index in [1.54, 1.807) is 50.4 Å². The highest BCUT2D eigenvalue weighted by Crippen LogP contribution is 2.24. The van der Waals surface area contributed by atoms with Gasteiger partial charge in [-0.1, -0.05) is 0 Å². The summed E-state index contributed by atoms with van der Waals surface area (Å²) < 4.78 is 33.6. The molecular formula is C17H21F2IN2O3. The van der Waals surface area contributed by atoms with Crippen LogP contribution in [0.1, 0.15) is 37.6 Å². The summed E-state index contributed by atoms with van der Waals surface area (Å²) >= 11 is 1.72. The Kier molecular flexibility index (Phi) is 5.90. The van der Waals surface area contributed by atoms with Gasteiger partial charge in [-0.15, -0.1) is 0 Å². The minimum atomic E-state index is -0.883. The maximum absolute atomic E-state index is 14.2. The predicted octanol–water partition coefficient (Wildman–Crippen LogP) is 3.65. The van der Waals surface area contributed by atoms with E-state index in [4.69, 9.17) is 4.74 Å². The molecule has 25 heavy (non-hydrogen) atoms. The molecule has 1 saturated heterocycles. The minimum Gasteiger partial charge on any atom is -0.444 e. The van der Waals surface area contributed by atoms with Crippen LogP contribution in [0.2, 0.25) is 0 Å². The van der Waals surface area contributed by atoms with Crippen molar-refractivity contribution in [1.82, 2.24) is 9.80 Å². The maximum Gasteiger partial charge on any atom is 0.410 e. The summed E-state index contributed by atoms with van der Waals surface area (Å²) in [6.07, 6.45) is 0.0349. The van der Waals surface area contributed by atoms with Crippen molar-refractivity contribution >= 4 is 34.6 Å². The molecule has 0 aromatic heterocycles. The smallest absolute Gasteiger partial charge is 0.410 e. The molecule has 138 valence electrons. The van der Waals surface area contributed by atoms with Crippen LogP contribution < -0.4 is 0 Å². The fourth-order valence-electron chi connectivity index (χ4n) is 2.61. The molecule has 1 fully saturated rings. The van der Waals surface area contributed by atoms with E-state index in [9.17, 15) is 18.4 Å². The van der Waals surface area contributed by atoms with E-state index in [1.807, 2.05) is 0 Å². The number of likely N-dealkylation sites (tertiary alicyclic amines) is 1. The van der Waals surface area contributed by atoms with Crippen LogP contribution in [0.5, 0.6) is 0 Å². The van der Waals surface area contributed by atoms with Crippen molar-refractivity contribution in [1.29, 1.82) is 0 Å². The van der Waals surface area contributed by atoms with Crippen LogP contribution in [0.25, 0.3) is 0 Å². The Morgan fingerprint density at radius 2 is 1.96 bits per heavy atom. The molecule has 0 bridgehead atoms. The van der Waals surface area contributed by atoms with Crippen LogP contribution in [0.15, 0.2) is 12.1 Å². The summed E-state index contributed by atoms with van der Waals surface area (Å²) in [6.45, 7) is 5.84. The average molecular weight is 466 g/mol. The molecule has 0 N–H and O–H groups in total. The molecule has 0 radical (unpaired) electrons. The van der Waals surface area contributed by atoms with Gasteiger partial charge in [-0.25, -0.2) is 13.6 Å². The van der Waals surface area contributed by atoms with E-state index in [0.29, 0.717) is 13.0 Å². The van der Waals surface area contributed by atoms with Crippen LogP contribution >= 0.6 is 22.6 Å². The van der Waals surface area contributed by atoms with Crippen LogP contribution in [0, 0.1) is 15.2 Å². The maximum atomic E-state index is 14.2. The second-order valence-electron chi connectivity index (χ2n) is 7.00. The number of benzene rings is 1. The molecule has 1 heterocycles. The molecule has 5 nitrogen and oxygen atoms in total. The van der Waals surface area contributed by atoms with Gasteiger partial charge in [0.15, 0.2) is 5.82 Å². The summed E-state index contributed by atoms with van der Waals surface area (Å²) in [6, 6.07) is 2.11. The van der Waals surface area contributed by atoms with Crippen molar-refractivity contribution in [2.75, 3.05) is 20.1 Å². The summed E-state index contributed by atoms with van der Waals surface area (Å²) in [5.74, 6) is -2.44. The third-order valence-electron chi connectivity index (χ3n) is 3.94. The van der Waals surface area contributed by atoms with Gasteiger partial charge in [0.05, 0.1) is 6.04 Å². The van der Waals surface area contributed by atoms with Gasteiger partial charge in [-0.3, -0.25) is 4.79 Å². The Balaban J connectivity index is 2.09. The van der Waals surface area contributed by atoms with Gasteiger partial charge in [0.25, 0.3) is 5.91 Å². The first-order valence-electron chi connectivity index (χ1n) is 7.90. The van der Waals surface area contributed by atoms with Crippen molar-refractivity contribution in [3.63, 3.8) is 0 Å². The number of nitrogens with zero attached hydrogens (tertiary/aromatic N) is 2. The van der Waals surface area contributed by atoms with E-state index in [0.717, 1.165) is 6.07 Å². The largest absolute Gasteiger partial charge is 0.444 e. The van der Waals surface area contributed by atoms with Crippen molar-refractivity contribution in [3.05, 3.63) is 32.9 Å². The molecule has 1 aromatic rings. The molecule has 0 saturated carbocycles. The van der Waals surface area contributed by atoms with Gasteiger partial charge in [-0.2, -0.15) is 0 Å². The number of halogens is 3. The topological polar surface area (TPSA) is 49.9 Å². The zero-order valence-electron chi connectivity index (χ0n) is 14.6. The number of carbonyl (C=O) groups excluding carboxylic acids is 2. The second-order valence-corrected chi connectivity index (χ2v) is 8.17. The molecule has 1 aliphatic rings. The molecular weight excluding hydrogens is 445 g/mol. The lowest BCUT2D eigenvalue weighted by molar-refractivity contribution is 0.0226. The zero-order valence-corrected chi connectivity index (χ0v) is 16.8. The first-order valence-corrected chi connectivity index (χ1v) is 8.97. The van der Waals surface area contributed by atoms with Gasteiger partial charge in [0.2, 0.25) is 0 Å². The normalized spacial score (nSPS) is 17.6. The first kappa shape index (κ1) is 19.9. The molecule has 0 aliphatic carbocycles. The number of hydrogen-bond acceptors (Lipinski definition) is 3. The number of carbonyl (C=O) groups is 2. The van der Waals surface area contributed by atoms with E-state index in [-0.39, 0.29) is 16.2 Å². The molecule has 1 aromatic carbocycles. The molecule has 8 heteroatoms. The Hall–Kier alpha value is -1.45. The van der Waals surface area contributed by atoms with Crippen LogP contribution in [0.4, 0.5) is 13.6 Å². The summed E-state index contributed by atoms with van der Waals surface area (Å²) in [4.78, 5) is 27.4. The number of amides is 2. The van der Waals surface area contributed by atoms with E-state index in [2.05, 4.69) is 0 Å². The fourth-order valence-corrected chi connectivity index (χ4v) is 3.06. The SMILES string of the molecule is CN(C(=O)OC(C)(C)C)[C@@H]1CCN(C(=O)c2c(F)ccc(I)c2F)C1. The molecule has 0 unspecified atom stereocenters. The molecule has 1 aliphatic heterocycles. The Bertz CT molecular complexity index is 691. The van der Waals surface area contributed by atoms with Crippen molar-refractivity contribution < 1.29 is 23.1 Å². The lowest BCUT2D eigenvalue weighted by atomic mass is 10.1. The van der Waals surface area contributed by atoms with Crippen LogP contribution in [-0.4, -0.2) is 53.6 Å². The molecule has 0 spiro atoms. The molecule has 2 amide bonds. The van der Waals surface area contributed by atoms with Crippen LogP contribution in [-0.2, 0) is 4.74 Å². The highest BCUT2D eigenvalue weighted by atomic mass is 127. The van der Waals surface area contributed by atoms with E-state index in [1.165, 1.54) is 15.9 Å². The average Bonchev–Trinajstić information content (AvgIpc) is 2.98.